The predicted octanol–water partition coefficient (Wildman–Crippen LogP) is 3.03. The van der Waals surface area contributed by atoms with Gasteiger partial charge in [0, 0.05) is 12.3 Å². The molecule has 1 fully saturated rings. The number of nitriles is 1. The zero-order valence-electron chi connectivity index (χ0n) is 15.1. The molecule has 0 radical (unpaired) electrons. The van der Waals surface area contributed by atoms with Crippen molar-refractivity contribution in [2.24, 2.45) is 0 Å². The van der Waals surface area contributed by atoms with E-state index in [1.165, 1.54) is 29.0 Å². The van der Waals surface area contributed by atoms with Crippen LogP contribution >= 0.6 is 11.8 Å². The Hall–Kier alpha value is -2.89. The molecule has 144 valence electrons. The number of phenols is 1. The van der Waals surface area contributed by atoms with Crippen LogP contribution in [0.25, 0.3) is 0 Å². The van der Waals surface area contributed by atoms with E-state index >= 15 is 0 Å². The third-order valence-corrected chi connectivity index (χ3v) is 6.14. The molecule has 1 amide bonds. The second kappa shape index (κ2) is 6.93. The van der Waals surface area contributed by atoms with Crippen LogP contribution in [0.4, 0.5) is 0 Å². The number of allylic oxidation sites excluding steroid dienone is 1. The molecule has 0 saturated carbocycles. The lowest BCUT2D eigenvalue weighted by Crippen LogP contribution is -2.48. The highest BCUT2D eigenvalue weighted by Crippen LogP contribution is 2.52. The summed E-state index contributed by atoms with van der Waals surface area (Å²) in [6.07, 6.45) is 1.46. The molecular formula is C20H18N2O5S. The Kier molecular flexibility index (Phi) is 4.57. The molecule has 2 atom stereocenters. The lowest BCUT2D eigenvalue weighted by molar-refractivity contribution is -0.152. The van der Waals surface area contributed by atoms with Gasteiger partial charge in [-0.1, -0.05) is 6.07 Å². The molecule has 1 aromatic carbocycles. The van der Waals surface area contributed by atoms with E-state index in [0.29, 0.717) is 28.5 Å². The third kappa shape index (κ3) is 2.75. The molecule has 2 aromatic rings. The summed E-state index contributed by atoms with van der Waals surface area (Å²) in [5, 5.41) is 31.3. The van der Waals surface area contributed by atoms with E-state index in [0.717, 1.165) is 0 Å². The maximum Gasteiger partial charge on any atom is 0.231 e. The van der Waals surface area contributed by atoms with E-state index in [2.05, 4.69) is 6.07 Å². The maximum absolute atomic E-state index is 13.0. The highest BCUT2D eigenvalue weighted by Gasteiger charge is 2.53. The average molecular weight is 398 g/mol. The van der Waals surface area contributed by atoms with E-state index < -0.39 is 11.6 Å². The van der Waals surface area contributed by atoms with Crippen LogP contribution in [0.15, 0.2) is 51.6 Å². The Morgan fingerprint density at radius 1 is 1.46 bits per heavy atom. The van der Waals surface area contributed by atoms with Gasteiger partial charge in [0.25, 0.3) is 0 Å². The van der Waals surface area contributed by atoms with Crippen molar-refractivity contribution in [3.05, 3.63) is 58.5 Å². The number of benzene rings is 1. The number of ether oxygens (including phenoxy) is 1. The Balaban J connectivity index is 1.78. The summed E-state index contributed by atoms with van der Waals surface area (Å²) < 4.78 is 10.8. The third-order valence-electron chi connectivity index (χ3n) is 4.91. The first-order valence-electron chi connectivity index (χ1n) is 8.81. The van der Waals surface area contributed by atoms with Crippen LogP contribution in [0, 0.1) is 11.3 Å². The van der Waals surface area contributed by atoms with Crippen LogP contribution in [0.1, 0.15) is 30.6 Å². The highest BCUT2D eigenvalue weighted by atomic mass is 32.2. The molecule has 28 heavy (non-hydrogen) atoms. The van der Waals surface area contributed by atoms with Gasteiger partial charge in [0.15, 0.2) is 17.3 Å². The maximum atomic E-state index is 13.0. The van der Waals surface area contributed by atoms with Gasteiger partial charge in [0.2, 0.25) is 11.6 Å². The van der Waals surface area contributed by atoms with E-state index in [9.17, 15) is 20.3 Å². The van der Waals surface area contributed by atoms with Gasteiger partial charge < -0.3 is 19.4 Å². The molecule has 3 heterocycles. The monoisotopic (exact) mass is 398 g/mol. The molecule has 2 aliphatic heterocycles. The number of carbonyl (C=O) groups is 1. The lowest BCUT2D eigenvalue weighted by atomic mass is 9.85. The quantitative estimate of drug-likeness (QED) is 0.815. The summed E-state index contributed by atoms with van der Waals surface area (Å²) in [5.41, 5.74) is -0.508. The molecule has 8 heteroatoms. The lowest BCUT2D eigenvalue weighted by Gasteiger charge is -2.36. The summed E-state index contributed by atoms with van der Waals surface area (Å²) in [7, 11) is 0. The van der Waals surface area contributed by atoms with Crippen molar-refractivity contribution >= 4 is 17.7 Å². The molecular weight excluding hydrogens is 380 g/mol. The SMILES string of the molecule is CCOc1cc([C@@H]2CC(=O)N3C(=C2C#N)SC[C@]3(O)c2ccco2)ccc1O. The normalized spacial score (nSPS) is 24.2. The summed E-state index contributed by atoms with van der Waals surface area (Å²) in [6.45, 7) is 2.19. The fourth-order valence-electron chi connectivity index (χ4n) is 3.62. The molecule has 0 unspecified atom stereocenters. The zero-order valence-corrected chi connectivity index (χ0v) is 15.9. The van der Waals surface area contributed by atoms with Gasteiger partial charge in [-0.2, -0.15) is 5.26 Å². The second-order valence-electron chi connectivity index (χ2n) is 6.56. The number of thioether (sulfide) groups is 1. The molecule has 4 rings (SSSR count). The number of nitrogens with zero attached hydrogens (tertiary/aromatic N) is 2. The van der Waals surface area contributed by atoms with Crippen LogP contribution in [0.3, 0.4) is 0 Å². The topological polar surface area (TPSA) is 107 Å². The van der Waals surface area contributed by atoms with Gasteiger partial charge in [-0.3, -0.25) is 9.69 Å². The summed E-state index contributed by atoms with van der Waals surface area (Å²) in [4.78, 5) is 14.3. The van der Waals surface area contributed by atoms with Crippen molar-refractivity contribution in [2.45, 2.75) is 25.0 Å². The smallest absolute Gasteiger partial charge is 0.231 e. The number of fused-ring (bicyclic) bond motifs is 1. The van der Waals surface area contributed by atoms with Gasteiger partial charge in [0.05, 0.1) is 35.3 Å². The zero-order chi connectivity index (χ0) is 19.9. The summed E-state index contributed by atoms with van der Waals surface area (Å²) in [5.74, 6) is -0.0169. The Morgan fingerprint density at radius 2 is 2.29 bits per heavy atom. The van der Waals surface area contributed by atoms with Crippen LogP contribution in [-0.4, -0.2) is 33.4 Å². The van der Waals surface area contributed by atoms with Crippen LogP contribution in [-0.2, 0) is 10.5 Å². The Labute approximate surface area is 165 Å². The average Bonchev–Trinajstić information content (AvgIpc) is 3.33. The number of phenolic OH excluding ortho intramolecular Hbond substituents is 1. The van der Waals surface area contributed by atoms with E-state index in [4.69, 9.17) is 9.15 Å². The van der Waals surface area contributed by atoms with Gasteiger partial charge in [0.1, 0.15) is 0 Å². The minimum absolute atomic E-state index is 0.00274. The molecule has 0 aliphatic carbocycles. The second-order valence-corrected chi connectivity index (χ2v) is 7.52. The standard InChI is InChI=1S/C20H18N2O5S/c1-2-26-16-8-12(5-6-15(16)23)13-9-18(24)22-19(14(13)10-21)28-11-20(22,25)17-4-3-7-27-17/h3-8,13,23,25H,2,9,11H2,1H3/t13-,20-/m0/s1. The van der Waals surface area contributed by atoms with Crippen molar-refractivity contribution in [1.29, 1.82) is 5.26 Å². The van der Waals surface area contributed by atoms with Crippen molar-refractivity contribution in [3.63, 3.8) is 0 Å². The first-order valence-corrected chi connectivity index (χ1v) is 9.80. The van der Waals surface area contributed by atoms with Gasteiger partial charge in [-0.05, 0) is 36.8 Å². The van der Waals surface area contributed by atoms with Gasteiger partial charge in [-0.25, -0.2) is 0 Å². The van der Waals surface area contributed by atoms with Gasteiger partial charge in [-0.15, -0.1) is 11.8 Å². The fraction of sp³-hybridized carbons (Fsp3) is 0.300. The number of furan rings is 1. The number of hydrogen-bond acceptors (Lipinski definition) is 7. The van der Waals surface area contributed by atoms with E-state index in [1.54, 1.807) is 31.2 Å². The first-order chi connectivity index (χ1) is 13.5. The predicted molar refractivity (Wildman–Crippen MR) is 101 cm³/mol. The van der Waals surface area contributed by atoms with Crippen molar-refractivity contribution in [3.8, 4) is 17.6 Å². The van der Waals surface area contributed by atoms with Crippen molar-refractivity contribution < 1.29 is 24.2 Å². The Bertz CT molecular complexity index is 995. The molecule has 0 bridgehead atoms. The van der Waals surface area contributed by atoms with Crippen molar-refractivity contribution in [1.82, 2.24) is 4.90 Å². The molecule has 1 aromatic heterocycles. The summed E-state index contributed by atoms with van der Waals surface area (Å²) in [6, 6.07) is 10.3. The number of carbonyl (C=O) groups excluding carboxylic acids is 1. The minimum atomic E-state index is -1.61. The number of aromatic hydroxyl groups is 1. The molecule has 1 saturated heterocycles. The highest BCUT2D eigenvalue weighted by molar-refractivity contribution is 8.03. The molecule has 0 spiro atoms. The number of aliphatic hydroxyl groups is 1. The number of amides is 1. The molecule has 2 aliphatic rings. The van der Waals surface area contributed by atoms with E-state index in [-0.39, 0.29) is 29.6 Å². The fourth-order valence-corrected chi connectivity index (χ4v) is 4.95. The molecule has 2 N–H and O–H groups in total. The van der Waals surface area contributed by atoms with Crippen molar-refractivity contribution in [2.75, 3.05) is 12.4 Å². The Morgan fingerprint density at radius 3 is 2.96 bits per heavy atom. The van der Waals surface area contributed by atoms with E-state index in [1.807, 2.05) is 0 Å². The largest absolute Gasteiger partial charge is 0.504 e. The van der Waals surface area contributed by atoms with Crippen LogP contribution < -0.4 is 4.74 Å². The van der Waals surface area contributed by atoms with Gasteiger partial charge >= 0.3 is 0 Å². The first kappa shape index (κ1) is 18.5. The molecule has 7 nitrogen and oxygen atoms in total. The summed E-state index contributed by atoms with van der Waals surface area (Å²) >= 11 is 1.26. The van der Waals surface area contributed by atoms with Crippen LogP contribution in [0.5, 0.6) is 11.5 Å². The minimum Gasteiger partial charge on any atom is -0.504 e. The van der Waals surface area contributed by atoms with Crippen LogP contribution in [0.2, 0.25) is 0 Å². The number of rotatable bonds is 4. The number of hydrogen-bond donors (Lipinski definition) is 2.